The van der Waals surface area contributed by atoms with Crippen LogP contribution >= 0.6 is 0 Å². The summed E-state index contributed by atoms with van der Waals surface area (Å²) in [6.45, 7) is -0.0851. The van der Waals surface area contributed by atoms with Crippen molar-refractivity contribution in [1.29, 1.82) is 0 Å². The number of imidazole rings is 1. The maximum atomic E-state index is 12.8. The Bertz CT molecular complexity index is 1150. The molecule has 11 heteroatoms. The standard InChI is InChI=1S/C19H21N5O6/c25-8-11-14(26)15(27)18(30-11)24-9-21-12-13(24)17(29)23-19(22-16(12)28)20-7-6-10-4-2-1-3-5-10/h1-5,9,11,14-15,18,25-27H,6-8H2,(H2,20,22,23,28,29). The van der Waals surface area contributed by atoms with Crippen LogP contribution in [0.2, 0.25) is 0 Å². The Kier molecular flexibility index (Phi) is 5.59. The zero-order valence-corrected chi connectivity index (χ0v) is 15.8. The fraction of sp³-hybridized carbons (Fsp3) is 0.368. The van der Waals surface area contributed by atoms with E-state index in [2.05, 4.69) is 20.3 Å². The Morgan fingerprint density at radius 1 is 1.17 bits per heavy atom. The lowest BCUT2D eigenvalue weighted by atomic mass is 10.1. The van der Waals surface area contributed by atoms with E-state index in [0.717, 1.165) is 16.5 Å². The van der Waals surface area contributed by atoms with Crippen molar-refractivity contribution in [2.75, 3.05) is 18.5 Å². The van der Waals surface area contributed by atoms with Gasteiger partial charge in [-0.15, -0.1) is 0 Å². The minimum absolute atomic E-state index is 0.00774. The second-order valence-corrected chi connectivity index (χ2v) is 6.96. The number of fused-ring (bicyclic) bond motifs is 1. The summed E-state index contributed by atoms with van der Waals surface area (Å²) in [7, 11) is 0. The molecule has 30 heavy (non-hydrogen) atoms. The highest BCUT2D eigenvalue weighted by Gasteiger charge is 2.44. The Morgan fingerprint density at radius 3 is 2.63 bits per heavy atom. The van der Waals surface area contributed by atoms with Crippen LogP contribution < -0.4 is 16.4 Å². The molecule has 3 aromatic rings. The molecule has 0 spiro atoms. The molecule has 1 fully saturated rings. The largest absolute Gasteiger partial charge is 0.394 e. The van der Waals surface area contributed by atoms with Gasteiger partial charge in [-0.1, -0.05) is 30.3 Å². The number of rotatable bonds is 6. The number of aromatic amines is 1. The maximum absolute atomic E-state index is 12.8. The molecular weight excluding hydrogens is 394 g/mol. The van der Waals surface area contributed by atoms with Crippen LogP contribution in [0.25, 0.3) is 11.0 Å². The summed E-state index contributed by atoms with van der Waals surface area (Å²) in [5.41, 5.74) is -0.686. The Balaban J connectivity index is 1.64. The average molecular weight is 415 g/mol. The smallest absolute Gasteiger partial charge is 0.301 e. The number of hydrogen-bond acceptors (Lipinski definition) is 9. The first-order valence-corrected chi connectivity index (χ1v) is 9.41. The third-order valence-electron chi connectivity index (χ3n) is 5.00. The van der Waals surface area contributed by atoms with Crippen LogP contribution in [0.1, 0.15) is 11.8 Å². The van der Waals surface area contributed by atoms with Crippen LogP contribution in [0, 0.1) is 0 Å². The number of aromatic nitrogens is 4. The number of aliphatic hydroxyl groups is 3. The van der Waals surface area contributed by atoms with Crippen molar-refractivity contribution in [3.8, 4) is 0 Å². The SMILES string of the molecule is O=c1nc(NCCc2ccccc2)[nH]c(=O)c2c1ncn2C1OC(CO)C(O)C1O. The molecule has 0 amide bonds. The van der Waals surface area contributed by atoms with Gasteiger partial charge in [0.05, 0.1) is 12.9 Å². The fourth-order valence-electron chi connectivity index (χ4n) is 3.45. The predicted molar refractivity (Wildman–Crippen MR) is 106 cm³/mol. The van der Waals surface area contributed by atoms with Gasteiger partial charge < -0.3 is 25.4 Å². The van der Waals surface area contributed by atoms with Gasteiger partial charge in [0.2, 0.25) is 5.95 Å². The summed E-state index contributed by atoms with van der Waals surface area (Å²) >= 11 is 0. The molecular formula is C19H21N5O6. The zero-order chi connectivity index (χ0) is 21.3. The third kappa shape index (κ3) is 3.71. The van der Waals surface area contributed by atoms with Gasteiger partial charge in [-0.05, 0) is 12.0 Å². The summed E-state index contributed by atoms with van der Waals surface area (Å²) in [6, 6.07) is 9.68. The number of benzene rings is 1. The molecule has 5 N–H and O–H groups in total. The molecule has 4 atom stereocenters. The van der Waals surface area contributed by atoms with Gasteiger partial charge in [-0.2, -0.15) is 4.98 Å². The number of ether oxygens (including phenoxy) is 1. The lowest BCUT2D eigenvalue weighted by molar-refractivity contribution is -0.0509. The van der Waals surface area contributed by atoms with Crippen molar-refractivity contribution in [3.63, 3.8) is 0 Å². The van der Waals surface area contributed by atoms with Crippen molar-refractivity contribution in [3.05, 3.63) is 62.9 Å². The number of aliphatic hydroxyl groups excluding tert-OH is 3. The van der Waals surface area contributed by atoms with Crippen LogP contribution in [0.4, 0.5) is 5.95 Å². The molecule has 0 saturated carbocycles. The molecule has 3 heterocycles. The van der Waals surface area contributed by atoms with E-state index < -0.39 is 42.3 Å². The van der Waals surface area contributed by atoms with Gasteiger partial charge in [-0.3, -0.25) is 19.1 Å². The highest BCUT2D eigenvalue weighted by atomic mass is 16.6. The first-order chi connectivity index (χ1) is 14.5. The van der Waals surface area contributed by atoms with Crippen LogP contribution in [0.15, 0.2) is 46.2 Å². The summed E-state index contributed by atoms with van der Waals surface area (Å²) in [5.74, 6) is -0.00774. The van der Waals surface area contributed by atoms with Gasteiger partial charge in [-0.25, -0.2) is 4.98 Å². The minimum atomic E-state index is -1.42. The van der Waals surface area contributed by atoms with E-state index in [-0.39, 0.29) is 17.0 Å². The monoisotopic (exact) mass is 415 g/mol. The van der Waals surface area contributed by atoms with Gasteiger partial charge in [0.15, 0.2) is 11.7 Å². The summed E-state index contributed by atoms with van der Waals surface area (Å²) in [5, 5.41) is 32.4. The van der Waals surface area contributed by atoms with Crippen molar-refractivity contribution in [2.24, 2.45) is 0 Å². The number of anilines is 1. The number of H-pyrrole nitrogens is 1. The molecule has 0 bridgehead atoms. The zero-order valence-electron chi connectivity index (χ0n) is 15.8. The molecule has 0 radical (unpaired) electrons. The average Bonchev–Trinajstić information content (AvgIpc) is 3.27. The summed E-state index contributed by atoms with van der Waals surface area (Å²) < 4.78 is 6.60. The van der Waals surface area contributed by atoms with E-state index in [1.165, 1.54) is 0 Å². The quantitative estimate of drug-likeness (QED) is 0.331. The van der Waals surface area contributed by atoms with Crippen molar-refractivity contribution >= 4 is 17.0 Å². The second-order valence-electron chi connectivity index (χ2n) is 6.96. The van der Waals surface area contributed by atoms with E-state index in [1.54, 1.807) is 0 Å². The predicted octanol–water partition coefficient (Wildman–Crippen LogP) is -1.25. The number of nitrogens with zero attached hydrogens (tertiary/aromatic N) is 3. The Morgan fingerprint density at radius 2 is 1.93 bits per heavy atom. The van der Waals surface area contributed by atoms with E-state index in [9.17, 15) is 24.9 Å². The highest BCUT2D eigenvalue weighted by Crippen LogP contribution is 2.30. The molecule has 1 aliphatic rings. The molecule has 1 saturated heterocycles. The van der Waals surface area contributed by atoms with Gasteiger partial charge in [0.1, 0.15) is 23.8 Å². The summed E-state index contributed by atoms with van der Waals surface area (Å²) in [6.07, 6.45) is -3.18. The molecule has 2 aromatic heterocycles. The van der Waals surface area contributed by atoms with Crippen molar-refractivity contribution in [1.82, 2.24) is 19.5 Å². The van der Waals surface area contributed by atoms with E-state index in [0.29, 0.717) is 13.0 Å². The van der Waals surface area contributed by atoms with Gasteiger partial charge >= 0.3 is 5.56 Å². The minimum Gasteiger partial charge on any atom is -0.394 e. The molecule has 0 aliphatic carbocycles. The summed E-state index contributed by atoms with van der Waals surface area (Å²) in [4.78, 5) is 35.6. The second kappa shape index (κ2) is 8.32. The Labute approximate surface area is 169 Å². The fourth-order valence-corrected chi connectivity index (χ4v) is 3.45. The molecule has 4 unspecified atom stereocenters. The van der Waals surface area contributed by atoms with Crippen LogP contribution in [0.5, 0.6) is 0 Å². The molecule has 158 valence electrons. The molecule has 1 aliphatic heterocycles. The van der Waals surface area contributed by atoms with Crippen LogP contribution in [-0.2, 0) is 11.2 Å². The van der Waals surface area contributed by atoms with Crippen LogP contribution in [0.3, 0.4) is 0 Å². The maximum Gasteiger partial charge on any atom is 0.301 e. The lowest BCUT2D eigenvalue weighted by Crippen LogP contribution is -2.33. The van der Waals surface area contributed by atoms with E-state index in [4.69, 9.17) is 4.74 Å². The van der Waals surface area contributed by atoms with E-state index >= 15 is 0 Å². The topological polar surface area (TPSA) is 163 Å². The number of nitrogens with one attached hydrogen (secondary N) is 2. The van der Waals surface area contributed by atoms with Crippen molar-refractivity contribution < 1.29 is 20.1 Å². The molecule has 4 rings (SSSR count). The highest BCUT2D eigenvalue weighted by molar-refractivity contribution is 5.73. The number of hydrogen-bond donors (Lipinski definition) is 5. The molecule has 1 aromatic carbocycles. The van der Waals surface area contributed by atoms with Gasteiger partial charge in [0, 0.05) is 6.54 Å². The first-order valence-electron chi connectivity index (χ1n) is 9.41. The van der Waals surface area contributed by atoms with Crippen LogP contribution in [-0.4, -0.2) is 66.3 Å². The van der Waals surface area contributed by atoms with Crippen molar-refractivity contribution in [2.45, 2.75) is 31.0 Å². The lowest BCUT2D eigenvalue weighted by Gasteiger charge is -2.16. The first kappa shape index (κ1) is 20.2. The van der Waals surface area contributed by atoms with E-state index in [1.807, 2.05) is 30.3 Å². The van der Waals surface area contributed by atoms with Gasteiger partial charge in [0.25, 0.3) is 5.56 Å². The third-order valence-corrected chi connectivity index (χ3v) is 5.00. The Hall–Kier alpha value is -3.12. The normalized spacial score (nSPS) is 23.7. The molecule has 11 nitrogen and oxygen atoms in total.